The topological polar surface area (TPSA) is 54.8 Å². The predicted octanol–water partition coefficient (Wildman–Crippen LogP) is 1.34. The van der Waals surface area contributed by atoms with Crippen LogP contribution in [0.15, 0.2) is 18.5 Å². The number of aromatic nitrogens is 1. The average molecular weight is 153 g/mol. The third-order valence-corrected chi connectivity index (χ3v) is 1.14. The van der Waals surface area contributed by atoms with Gasteiger partial charge in [-0.2, -0.15) is 0 Å². The van der Waals surface area contributed by atoms with E-state index in [0.717, 1.165) is 5.56 Å². The quantitative estimate of drug-likeness (QED) is 0.464. The van der Waals surface area contributed by atoms with Crippen LogP contribution < -0.4 is 5.73 Å². The van der Waals surface area contributed by atoms with Gasteiger partial charge in [-0.1, -0.05) is 13.8 Å². The number of hydrogen-bond donors (Lipinski definition) is 2. The molecule has 1 heterocycles. The van der Waals surface area contributed by atoms with Crippen molar-refractivity contribution in [3.05, 3.63) is 24.0 Å². The standard InChI is InChI=1S/C6H9N3.C2H6/c1-9-3-2-5(4-9)6(7)8;1-2/h2-4H,1H3,(H3,7,8);1-2H3. The van der Waals surface area contributed by atoms with Gasteiger partial charge < -0.3 is 10.3 Å². The second-order valence-electron chi connectivity index (χ2n) is 1.98. The molecule has 0 unspecified atom stereocenters. The van der Waals surface area contributed by atoms with Crippen molar-refractivity contribution in [2.45, 2.75) is 13.8 Å². The van der Waals surface area contributed by atoms with Gasteiger partial charge in [-0.25, -0.2) is 0 Å². The Balaban J connectivity index is 0.000000461. The van der Waals surface area contributed by atoms with Gasteiger partial charge in [0, 0.05) is 25.0 Å². The second kappa shape index (κ2) is 4.55. The molecular formula is C8H15N3. The van der Waals surface area contributed by atoms with Crippen molar-refractivity contribution < 1.29 is 0 Å². The minimum atomic E-state index is 0.121. The van der Waals surface area contributed by atoms with Gasteiger partial charge >= 0.3 is 0 Å². The summed E-state index contributed by atoms with van der Waals surface area (Å²) < 4.78 is 1.86. The lowest BCUT2D eigenvalue weighted by Crippen LogP contribution is -2.09. The van der Waals surface area contributed by atoms with Gasteiger partial charge in [-0.15, -0.1) is 0 Å². The molecule has 1 aromatic rings. The van der Waals surface area contributed by atoms with Crippen LogP contribution in [-0.2, 0) is 7.05 Å². The number of rotatable bonds is 1. The lowest BCUT2D eigenvalue weighted by Gasteiger charge is -1.88. The van der Waals surface area contributed by atoms with E-state index >= 15 is 0 Å². The maximum Gasteiger partial charge on any atom is 0.124 e. The molecule has 3 heteroatoms. The van der Waals surface area contributed by atoms with Crippen molar-refractivity contribution in [2.75, 3.05) is 0 Å². The van der Waals surface area contributed by atoms with Gasteiger partial charge in [0.2, 0.25) is 0 Å². The Morgan fingerprint density at radius 2 is 2.09 bits per heavy atom. The first-order chi connectivity index (χ1) is 5.20. The Kier molecular flexibility index (Phi) is 4.03. The first-order valence-electron chi connectivity index (χ1n) is 3.66. The van der Waals surface area contributed by atoms with E-state index in [1.165, 1.54) is 0 Å². The number of nitrogens with zero attached hydrogens (tertiary/aromatic N) is 1. The van der Waals surface area contributed by atoms with Gasteiger partial charge in [-0.3, -0.25) is 5.41 Å². The largest absolute Gasteiger partial charge is 0.384 e. The van der Waals surface area contributed by atoms with E-state index in [9.17, 15) is 0 Å². The van der Waals surface area contributed by atoms with Crippen LogP contribution in [0, 0.1) is 5.41 Å². The maximum atomic E-state index is 7.01. The molecule has 1 aromatic heterocycles. The van der Waals surface area contributed by atoms with Gasteiger partial charge in [-0.05, 0) is 6.07 Å². The third-order valence-electron chi connectivity index (χ3n) is 1.14. The molecule has 0 atom stereocenters. The van der Waals surface area contributed by atoms with Gasteiger partial charge in [0.05, 0.1) is 0 Å². The highest BCUT2D eigenvalue weighted by Gasteiger charge is 1.94. The summed E-state index contributed by atoms with van der Waals surface area (Å²) in [4.78, 5) is 0. The molecule has 0 saturated heterocycles. The van der Waals surface area contributed by atoms with Crippen LogP contribution >= 0.6 is 0 Å². The van der Waals surface area contributed by atoms with E-state index in [2.05, 4.69) is 0 Å². The Labute approximate surface area is 67.3 Å². The molecule has 0 spiro atoms. The minimum Gasteiger partial charge on any atom is -0.384 e. The smallest absolute Gasteiger partial charge is 0.124 e. The zero-order chi connectivity index (χ0) is 8.85. The lowest BCUT2D eigenvalue weighted by molar-refractivity contribution is 0.927. The van der Waals surface area contributed by atoms with E-state index in [1.54, 1.807) is 0 Å². The predicted molar refractivity (Wildman–Crippen MR) is 47.8 cm³/mol. The molecule has 0 aliphatic rings. The maximum absolute atomic E-state index is 7.01. The monoisotopic (exact) mass is 153 g/mol. The highest BCUT2D eigenvalue weighted by atomic mass is 14.9. The fourth-order valence-corrected chi connectivity index (χ4v) is 0.663. The molecule has 0 saturated carbocycles. The van der Waals surface area contributed by atoms with Crippen molar-refractivity contribution in [1.82, 2.24) is 4.57 Å². The first-order valence-corrected chi connectivity index (χ1v) is 3.66. The van der Waals surface area contributed by atoms with Gasteiger partial charge in [0.15, 0.2) is 0 Å². The first kappa shape index (κ1) is 9.75. The second-order valence-corrected chi connectivity index (χ2v) is 1.98. The van der Waals surface area contributed by atoms with E-state index in [4.69, 9.17) is 11.1 Å². The van der Waals surface area contributed by atoms with Crippen LogP contribution in [0.4, 0.5) is 0 Å². The molecular weight excluding hydrogens is 138 g/mol. The Bertz CT molecular complexity index is 225. The van der Waals surface area contributed by atoms with Crippen LogP contribution in [0.5, 0.6) is 0 Å². The van der Waals surface area contributed by atoms with Crippen molar-refractivity contribution in [3.63, 3.8) is 0 Å². The number of aryl methyl sites for hydroxylation is 1. The average Bonchev–Trinajstić information content (AvgIpc) is 2.40. The highest BCUT2D eigenvalue weighted by molar-refractivity contribution is 5.94. The summed E-state index contributed by atoms with van der Waals surface area (Å²) in [5.41, 5.74) is 5.97. The summed E-state index contributed by atoms with van der Waals surface area (Å²) in [5.74, 6) is 0.121. The number of hydrogen-bond acceptors (Lipinski definition) is 1. The molecule has 62 valence electrons. The molecule has 0 aliphatic heterocycles. The number of nitrogen functional groups attached to an aromatic ring is 1. The summed E-state index contributed by atoms with van der Waals surface area (Å²) in [5, 5.41) is 7.01. The van der Waals surface area contributed by atoms with Crippen molar-refractivity contribution >= 4 is 5.84 Å². The summed E-state index contributed by atoms with van der Waals surface area (Å²) >= 11 is 0. The van der Waals surface area contributed by atoms with Crippen LogP contribution in [-0.4, -0.2) is 10.4 Å². The lowest BCUT2D eigenvalue weighted by atomic mass is 10.3. The fraction of sp³-hybridized carbons (Fsp3) is 0.375. The molecule has 0 bridgehead atoms. The fourth-order valence-electron chi connectivity index (χ4n) is 0.663. The van der Waals surface area contributed by atoms with Gasteiger partial charge in [0.25, 0.3) is 0 Å². The van der Waals surface area contributed by atoms with E-state index in [-0.39, 0.29) is 5.84 Å². The zero-order valence-electron chi connectivity index (χ0n) is 7.26. The summed E-state index contributed by atoms with van der Waals surface area (Å²) in [6, 6.07) is 1.81. The molecule has 0 amide bonds. The Morgan fingerprint density at radius 1 is 1.55 bits per heavy atom. The highest BCUT2D eigenvalue weighted by Crippen LogP contribution is 1.96. The van der Waals surface area contributed by atoms with Crippen LogP contribution in [0.1, 0.15) is 19.4 Å². The zero-order valence-corrected chi connectivity index (χ0v) is 7.26. The number of nitrogens with one attached hydrogen (secondary N) is 1. The summed E-state index contributed by atoms with van der Waals surface area (Å²) in [7, 11) is 1.90. The summed E-state index contributed by atoms with van der Waals surface area (Å²) in [6.07, 6.45) is 3.67. The normalized spacial score (nSPS) is 8.27. The van der Waals surface area contributed by atoms with Crippen molar-refractivity contribution in [2.24, 2.45) is 12.8 Å². The molecule has 11 heavy (non-hydrogen) atoms. The van der Waals surface area contributed by atoms with E-state index < -0.39 is 0 Å². The third kappa shape index (κ3) is 2.89. The molecule has 3 nitrogen and oxygen atoms in total. The molecule has 0 aromatic carbocycles. The van der Waals surface area contributed by atoms with Crippen molar-refractivity contribution in [3.8, 4) is 0 Å². The molecule has 1 rings (SSSR count). The van der Waals surface area contributed by atoms with Crippen molar-refractivity contribution in [1.29, 1.82) is 5.41 Å². The van der Waals surface area contributed by atoms with E-state index in [1.807, 2.05) is 43.9 Å². The van der Waals surface area contributed by atoms with Crippen LogP contribution in [0.25, 0.3) is 0 Å². The SMILES string of the molecule is CC.Cn1ccc(C(=N)N)c1. The molecule has 0 fully saturated rings. The minimum absolute atomic E-state index is 0.121. The number of nitrogens with two attached hydrogens (primary N) is 1. The van der Waals surface area contributed by atoms with Crippen LogP contribution in [0.3, 0.4) is 0 Å². The molecule has 0 aliphatic carbocycles. The summed E-state index contributed by atoms with van der Waals surface area (Å²) in [6.45, 7) is 4.00. The van der Waals surface area contributed by atoms with Gasteiger partial charge in [0.1, 0.15) is 5.84 Å². The Morgan fingerprint density at radius 3 is 2.27 bits per heavy atom. The Hall–Kier alpha value is -1.25. The number of amidine groups is 1. The molecule has 3 N–H and O–H groups in total. The van der Waals surface area contributed by atoms with Crippen LogP contribution in [0.2, 0.25) is 0 Å². The molecule has 0 radical (unpaired) electrons. The van der Waals surface area contributed by atoms with E-state index in [0.29, 0.717) is 0 Å².